The van der Waals surface area contributed by atoms with E-state index in [4.69, 9.17) is 10.3 Å². The summed E-state index contributed by atoms with van der Waals surface area (Å²) >= 11 is 0. The SMILES string of the molecule is CC(C)c1cc(CN(C)c2cc(C3CC(N)C3)ncn2)no1. The number of anilines is 1. The fourth-order valence-electron chi connectivity index (χ4n) is 2.70. The third kappa shape index (κ3) is 3.11. The lowest BCUT2D eigenvalue weighted by Gasteiger charge is -2.32. The third-order valence-electron chi connectivity index (χ3n) is 4.20. The highest BCUT2D eigenvalue weighted by molar-refractivity contribution is 5.39. The van der Waals surface area contributed by atoms with Crippen molar-refractivity contribution in [3.05, 3.63) is 35.6 Å². The highest BCUT2D eigenvalue weighted by Crippen LogP contribution is 2.35. The lowest BCUT2D eigenvalue weighted by Crippen LogP contribution is -2.35. The zero-order chi connectivity index (χ0) is 15.7. The zero-order valence-electron chi connectivity index (χ0n) is 13.4. The molecule has 1 aliphatic carbocycles. The van der Waals surface area contributed by atoms with Crippen molar-refractivity contribution in [1.29, 1.82) is 0 Å². The molecule has 0 radical (unpaired) electrons. The Kier molecular flexibility index (Phi) is 4.11. The Balaban J connectivity index is 1.68. The Bertz CT molecular complexity index is 633. The van der Waals surface area contributed by atoms with Crippen LogP contribution in [0.25, 0.3) is 0 Å². The molecule has 1 saturated carbocycles. The third-order valence-corrected chi connectivity index (χ3v) is 4.20. The van der Waals surface area contributed by atoms with E-state index in [1.165, 1.54) is 0 Å². The minimum atomic E-state index is 0.325. The van der Waals surface area contributed by atoms with Gasteiger partial charge < -0.3 is 15.2 Å². The Morgan fingerprint density at radius 3 is 2.73 bits per heavy atom. The lowest BCUT2D eigenvalue weighted by molar-refractivity contribution is 0.345. The second-order valence-electron chi connectivity index (χ2n) is 6.46. The quantitative estimate of drug-likeness (QED) is 0.913. The molecule has 6 nitrogen and oxygen atoms in total. The fraction of sp³-hybridized carbons (Fsp3) is 0.562. The first kappa shape index (κ1) is 15.0. The molecule has 0 amide bonds. The summed E-state index contributed by atoms with van der Waals surface area (Å²) in [6, 6.07) is 4.39. The Labute approximate surface area is 130 Å². The summed E-state index contributed by atoms with van der Waals surface area (Å²) in [6.45, 7) is 4.85. The van der Waals surface area contributed by atoms with Crippen molar-refractivity contribution in [3.8, 4) is 0 Å². The molecule has 2 aromatic heterocycles. The standard InChI is InChI=1S/C16H23N5O/c1-10(2)15-6-13(20-22-15)8-21(3)16-7-14(18-9-19-16)11-4-12(17)5-11/h6-7,9-12H,4-5,8,17H2,1-3H3. The minimum absolute atomic E-state index is 0.325. The number of aromatic nitrogens is 3. The van der Waals surface area contributed by atoms with Crippen LogP contribution in [-0.4, -0.2) is 28.2 Å². The van der Waals surface area contributed by atoms with Crippen molar-refractivity contribution in [1.82, 2.24) is 15.1 Å². The van der Waals surface area contributed by atoms with Crippen molar-refractivity contribution in [2.75, 3.05) is 11.9 Å². The fourth-order valence-corrected chi connectivity index (χ4v) is 2.70. The topological polar surface area (TPSA) is 81.1 Å². The Morgan fingerprint density at radius 2 is 2.09 bits per heavy atom. The summed E-state index contributed by atoms with van der Waals surface area (Å²) in [4.78, 5) is 10.8. The predicted molar refractivity (Wildman–Crippen MR) is 84.7 cm³/mol. The van der Waals surface area contributed by atoms with Crippen LogP contribution < -0.4 is 10.6 Å². The van der Waals surface area contributed by atoms with Gasteiger partial charge in [0, 0.05) is 42.8 Å². The molecule has 0 atom stereocenters. The molecule has 0 saturated heterocycles. The normalized spacial score (nSPS) is 21.0. The number of nitrogens with two attached hydrogens (primary N) is 1. The first-order valence-corrected chi connectivity index (χ1v) is 7.77. The van der Waals surface area contributed by atoms with E-state index < -0.39 is 0 Å². The van der Waals surface area contributed by atoms with Crippen molar-refractivity contribution in [2.24, 2.45) is 5.73 Å². The van der Waals surface area contributed by atoms with Crippen LogP contribution >= 0.6 is 0 Å². The molecular formula is C16H23N5O. The van der Waals surface area contributed by atoms with E-state index in [-0.39, 0.29) is 0 Å². The van der Waals surface area contributed by atoms with Gasteiger partial charge in [0.15, 0.2) is 0 Å². The molecule has 0 bridgehead atoms. The molecule has 22 heavy (non-hydrogen) atoms. The summed E-state index contributed by atoms with van der Waals surface area (Å²) in [6.07, 6.45) is 3.66. The van der Waals surface area contributed by atoms with Gasteiger partial charge in [-0.15, -0.1) is 0 Å². The van der Waals surface area contributed by atoms with Crippen molar-refractivity contribution < 1.29 is 4.52 Å². The maximum Gasteiger partial charge on any atom is 0.139 e. The van der Waals surface area contributed by atoms with Gasteiger partial charge in [0.25, 0.3) is 0 Å². The molecule has 0 aliphatic heterocycles. The van der Waals surface area contributed by atoms with Gasteiger partial charge in [-0.05, 0) is 12.8 Å². The number of nitrogens with zero attached hydrogens (tertiary/aromatic N) is 4. The first-order valence-electron chi connectivity index (χ1n) is 7.77. The molecular weight excluding hydrogens is 278 g/mol. The molecule has 118 valence electrons. The maximum atomic E-state index is 5.86. The van der Waals surface area contributed by atoms with Crippen molar-refractivity contribution in [3.63, 3.8) is 0 Å². The molecule has 0 spiro atoms. The molecule has 0 aromatic carbocycles. The molecule has 3 rings (SSSR count). The van der Waals surface area contributed by atoms with Crippen molar-refractivity contribution in [2.45, 2.75) is 51.1 Å². The highest BCUT2D eigenvalue weighted by Gasteiger charge is 2.28. The van der Waals surface area contributed by atoms with E-state index in [1.807, 2.05) is 13.1 Å². The minimum Gasteiger partial charge on any atom is -0.361 e. The van der Waals surface area contributed by atoms with Gasteiger partial charge in [0.05, 0.1) is 6.54 Å². The van der Waals surface area contributed by atoms with E-state index in [1.54, 1.807) is 6.33 Å². The number of hydrogen-bond donors (Lipinski definition) is 1. The van der Waals surface area contributed by atoms with E-state index in [9.17, 15) is 0 Å². The summed E-state index contributed by atoms with van der Waals surface area (Å²) in [5.41, 5.74) is 7.86. The van der Waals surface area contributed by atoms with Crippen LogP contribution in [0.4, 0.5) is 5.82 Å². The molecule has 2 aromatic rings. The summed E-state index contributed by atoms with van der Waals surface area (Å²) in [5.74, 6) is 2.64. The summed E-state index contributed by atoms with van der Waals surface area (Å²) in [7, 11) is 2.00. The Hall–Kier alpha value is -1.95. The second-order valence-corrected chi connectivity index (χ2v) is 6.46. The monoisotopic (exact) mass is 301 g/mol. The van der Waals surface area contributed by atoms with Crippen LogP contribution in [0, 0.1) is 0 Å². The summed E-state index contributed by atoms with van der Waals surface area (Å²) < 4.78 is 5.34. The average molecular weight is 301 g/mol. The van der Waals surface area contributed by atoms with Gasteiger partial charge in [-0.2, -0.15) is 0 Å². The van der Waals surface area contributed by atoms with Gasteiger partial charge in [0.1, 0.15) is 23.6 Å². The highest BCUT2D eigenvalue weighted by atomic mass is 16.5. The number of hydrogen-bond acceptors (Lipinski definition) is 6. The van der Waals surface area contributed by atoms with Crippen LogP contribution in [0.3, 0.4) is 0 Å². The van der Waals surface area contributed by atoms with Crippen LogP contribution in [0.1, 0.15) is 55.7 Å². The van der Waals surface area contributed by atoms with Gasteiger partial charge >= 0.3 is 0 Å². The van der Waals surface area contributed by atoms with Gasteiger partial charge in [-0.1, -0.05) is 19.0 Å². The number of rotatable bonds is 5. The van der Waals surface area contributed by atoms with Crippen molar-refractivity contribution >= 4 is 5.82 Å². The molecule has 1 aliphatic rings. The smallest absolute Gasteiger partial charge is 0.139 e. The van der Waals surface area contributed by atoms with E-state index in [2.05, 4.69) is 39.9 Å². The molecule has 0 unspecified atom stereocenters. The van der Waals surface area contributed by atoms with Gasteiger partial charge in [-0.25, -0.2) is 9.97 Å². The Morgan fingerprint density at radius 1 is 1.32 bits per heavy atom. The van der Waals surface area contributed by atoms with Crippen LogP contribution in [0.15, 0.2) is 23.0 Å². The summed E-state index contributed by atoms with van der Waals surface area (Å²) in [5, 5.41) is 4.12. The van der Waals surface area contributed by atoms with E-state index in [0.717, 1.165) is 35.8 Å². The molecule has 6 heteroatoms. The lowest BCUT2D eigenvalue weighted by atomic mass is 9.78. The predicted octanol–water partition coefficient (Wildman–Crippen LogP) is 2.43. The second kappa shape index (κ2) is 6.04. The molecule has 2 heterocycles. The largest absolute Gasteiger partial charge is 0.361 e. The average Bonchev–Trinajstić information content (AvgIpc) is 2.93. The zero-order valence-corrected chi connectivity index (χ0v) is 13.4. The van der Waals surface area contributed by atoms with Gasteiger partial charge in [-0.3, -0.25) is 0 Å². The van der Waals surface area contributed by atoms with Crippen LogP contribution in [0.2, 0.25) is 0 Å². The van der Waals surface area contributed by atoms with E-state index >= 15 is 0 Å². The van der Waals surface area contributed by atoms with E-state index in [0.29, 0.717) is 24.4 Å². The molecule has 1 fully saturated rings. The van der Waals surface area contributed by atoms with Crippen LogP contribution in [-0.2, 0) is 6.54 Å². The maximum absolute atomic E-state index is 5.86. The molecule has 2 N–H and O–H groups in total. The van der Waals surface area contributed by atoms with Crippen LogP contribution in [0.5, 0.6) is 0 Å². The van der Waals surface area contributed by atoms with Gasteiger partial charge in [0.2, 0.25) is 0 Å². The first-order chi connectivity index (χ1) is 10.5.